The van der Waals surface area contributed by atoms with E-state index in [1.54, 1.807) is 6.20 Å². The molecule has 2 N–H and O–H groups in total. The van der Waals surface area contributed by atoms with E-state index >= 15 is 0 Å². The molecule has 2 fully saturated rings. The second-order valence-electron chi connectivity index (χ2n) is 5.68. The first-order valence-electron chi connectivity index (χ1n) is 6.97. The minimum absolute atomic E-state index is 0.0336. The molecular formula is C13H21N3O2. The van der Waals surface area contributed by atoms with Crippen molar-refractivity contribution in [2.24, 2.45) is 5.92 Å². The second-order valence-corrected chi connectivity index (χ2v) is 5.68. The van der Waals surface area contributed by atoms with Crippen molar-refractivity contribution in [2.75, 3.05) is 6.61 Å². The molecule has 0 amide bonds. The van der Waals surface area contributed by atoms with Gasteiger partial charge in [-0.15, -0.1) is 0 Å². The molecule has 1 aromatic heterocycles. The van der Waals surface area contributed by atoms with E-state index in [1.807, 2.05) is 0 Å². The van der Waals surface area contributed by atoms with Crippen molar-refractivity contribution in [3.8, 4) is 0 Å². The molecule has 1 saturated heterocycles. The van der Waals surface area contributed by atoms with Crippen LogP contribution in [0.4, 0.5) is 0 Å². The molecule has 18 heavy (non-hydrogen) atoms. The zero-order valence-corrected chi connectivity index (χ0v) is 10.6. The van der Waals surface area contributed by atoms with Crippen LogP contribution in [-0.4, -0.2) is 32.7 Å². The minimum Gasteiger partial charge on any atom is -0.386 e. The fraction of sp³-hybridized carbons (Fsp3) is 0.846. The number of aliphatic hydroxyl groups excluding tert-OH is 1. The first-order chi connectivity index (χ1) is 8.79. The molecule has 1 saturated carbocycles. The van der Waals surface area contributed by atoms with Gasteiger partial charge in [0.2, 0.25) is 0 Å². The number of nitrogens with one attached hydrogen (secondary N) is 1. The number of nitrogens with zero attached hydrogens (tertiary/aromatic N) is 2. The Kier molecular flexibility index (Phi) is 3.35. The highest BCUT2D eigenvalue weighted by molar-refractivity contribution is 5.01. The van der Waals surface area contributed by atoms with E-state index in [9.17, 15) is 5.11 Å². The maximum Gasteiger partial charge on any atom is 0.111 e. The van der Waals surface area contributed by atoms with Gasteiger partial charge in [-0.1, -0.05) is 19.3 Å². The highest BCUT2D eigenvalue weighted by atomic mass is 16.5. The lowest BCUT2D eigenvalue weighted by molar-refractivity contribution is -0.134. The number of ether oxygens (including phenoxy) is 1. The van der Waals surface area contributed by atoms with Crippen LogP contribution in [0.5, 0.6) is 0 Å². The van der Waals surface area contributed by atoms with Crippen molar-refractivity contribution >= 4 is 0 Å². The molecule has 1 spiro atoms. The molecule has 2 aliphatic rings. The molecule has 0 aromatic carbocycles. The van der Waals surface area contributed by atoms with E-state index in [4.69, 9.17) is 4.74 Å². The fourth-order valence-electron chi connectivity index (χ4n) is 3.47. The summed E-state index contributed by atoms with van der Waals surface area (Å²) < 4.78 is 6.05. The summed E-state index contributed by atoms with van der Waals surface area (Å²) in [5.41, 5.74) is 0.694. The van der Waals surface area contributed by atoms with Gasteiger partial charge in [0.25, 0.3) is 0 Å². The quantitative estimate of drug-likeness (QED) is 0.843. The van der Waals surface area contributed by atoms with Crippen molar-refractivity contribution in [1.82, 2.24) is 15.4 Å². The Bertz CT molecular complexity index is 368. The fourth-order valence-corrected chi connectivity index (χ4v) is 3.47. The van der Waals surface area contributed by atoms with E-state index in [2.05, 4.69) is 15.4 Å². The summed E-state index contributed by atoms with van der Waals surface area (Å²) in [5, 5.41) is 20.7. The van der Waals surface area contributed by atoms with Crippen LogP contribution in [0.2, 0.25) is 0 Å². The molecule has 5 nitrogen and oxygen atoms in total. The molecule has 100 valence electrons. The number of aliphatic hydroxyl groups is 1. The zero-order chi connectivity index (χ0) is 12.4. The van der Waals surface area contributed by atoms with Crippen LogP contribution in [0.3, 0.4) is 0 Å². The summed E-state index contributed by atoms with van der Waals surface area (Å²) in [5.74, 6) is 0.252. The van der Waals surface area contributed by atoms with Gasteiger partial charge < -0.3 is 9.84 Å². The molecule has 1 aliphatic carbocycles. The largest absolute Gasteiger partial charge is 0.386 e. The predicted molar refractivity (Wildman–Crippen MR) is 65.8 cm³/mol. The van der Waals surface area contributed by atoms with Crippen molar-refractivity contribution < 1.29 is 9.84 Å². The van der Waals surface area contributed by atoms with Crippen LogP contribution >= 0.6 is 0 Å². The summed E-state index contributed by atoms with van der Waals surface area (Å²) in [6, 6.07) is 0. The average molecular weight is 251 g/mol. The Morgan fingerprint density at radius 1 is 1.39 bits per heavy atom. The summed E-state index contributed by atoms with van der Waals surface area (Å²) in [6.07, 6.45) is 9.11. The number of hydrogen-bond donors (Lipinski definition) is 2. The third-order valence-electron chi connectivity index (χ3n) is 4.48. The highest BCUT2D eigenvalue weighted by Gasteiger charge is 2.41. The molecule has 0 bridgehead atoms. The van der Waals surface area contributed by atoms with E-state index in [0.29, 0.717) is 5.69 Å². The Balaban J connectivity index is 1.70. The van der Waals surface area contributed by atoms with Crippen molar-refractivity contribution in [3.05, 3.63) is 11.9 Å². The van der Waals surface area contributed by atoms with Gasteiger partial charge in [0.1, 0.15) is 11.8 Å². The lowest BCUT2D eigenvalue weighted by Gasteiger charge is -2.44. The second kappa shape index (κ2) is 4.97. The van der Waals surface area contributed by atoms with Gasteiger partial charge in [0, 0.05) is 6.61 Å². The van der Waals surface area contributed by atoms with E-state index in [0.717, 1.165) is 32.3 Å². The highest BCUT2D eigenvalue weighted by Crippen LogP contribution is 2.43. The SMILES string of the molecule is OC(c1cn[nH]n1)C1CCOC2(CCCCC2)C1. The Morgan fingerprint density at radius 3 is 2.94 bits per heavy atom. The van der Waals surface area contributed by atoms with Crippen LogP contribution in [0.25, 0.3) is 0 Å². The predicted octanol–water partition coefficient (Wildman–Crippen LogP) is 1.97. The van der Waals surface area contributed by atoms with Gasteiger partial charge >= 0.3 is 0 Å². The van der Waals surface area contributed by atoms with E-state index in [-0.39, 0.29) is 11.5 Å². The van der Waals surface area contributed by atoms with E-state index in [1.165, 1.54) is 19.3 Å². The van der Waals surface area contributed by atoms with Gasteiger partial charge in [-0.05, 0) is 31.6 Å². The van der Waals surface area contributed by atoms with Crippen molar-refractivity contribution in [3.63, 3.8) is 0 Å². The molecule has 1 aromatic rings. The van der Waals surface area contributed by atoms with Crippen molar-refractivity contribution in [1.29, 1.82) is 0 Å². The monoisotopic (exact) mass is 251 g/mol. The molecule has 1 aliphatic heterocycles. The summed E-state index contributed by atoms with van der Waals surface area (Å²) in [4.78, 5) is 0. The third-order valence-corrected chi connectivity index (χ3v) is 4.48. The third kappa shape index (κ3) is 2.29. The Hall–Kier alpha value is -0.940. The number of H-pyrrole nitrogens is 1. The first kappa shape index (κ1) is 12.1. The standard InChI is InChI=1S/C13H21N3O2/c17-12(11-9-14-16-15-11)10-4-7-18-13(8-10)5-2-1-3-6-13/h9-10,12,17H,1-8H2,(H,14,15,16). The van der Waals surface area contributed by atoms with Gasteiger partial charge in [-0.3, -0.25) is 0 Å². The molecule has 0 radical (unpaired) electrons. The van der Waals surface area contributed by atoms with E-state index < -0.39 is 6.10 Å². The number of rotatable bonds is 2. The number of aromatic amines is 1. The minimum atomic E-state index is -0.508. The molecular weight excluding hydrogens is 230 g/mol. The van der Waals surface area contributed by atoms with Gasteiger partial charge in [0.15, 0.2) is 0 Å². The molecule has 2 atom stereocenters. The average Bonchev–Trinajstić information content (AvgIpc) is 2.93. The van der Waals surface area contributed by atoms with Crippen LogP contribution in [0.15, 0.2) is 6.20 Å². The van der Waals surface area contributed by atoms with Crippen LogP contribution in [0.1, 0.15) is 56.7 Å². The summed E-state index contributed by atoms with van der Waals surface area (Å²) >= 11 is 0. The Morgan fingerprint density at radius 2 is 2.22 bits per heavy atom. The summed E-state index contributed by atoms with van der Waals surface area (Å²) in [7, 11) is 0. The van der Waals surface area contributed by atoms with Gasteiger partial charge in [0.05, 0.1) is 11.8 Å². The maximum absolute atomic E-state index is 10.4. The topological polar surface area (TPSA) is 71.0 Å². The van der Waals surface area contributed by atoms with Crippen LogP contribution in [-0.2, 0) is 4.74 Å². The Labute approximate surface area is 107 Å². The van der Waals surface area contributed by atoms with Crippen LogP contribution < -0.4 is 0 Å². The van der Waals surface area contributed by atoms with Crippen molar-refractivity contribution in [2.45, 2.75) is 56.7 Å². The molecule has 3 rings (SSSR count). The molecule has 2 unspecified atom stereocenters. The number of hydrogen-bond acceptors (Lipinski definition) is 4. The van der Waals surface area contributed by atoms with Crippen LogP contribution in [0, 0.1) is 5.92 Å². The lowest BCUT2D eigenvalue weighted by Crippen LogP contribution is -2.42. The molecule has 2 heterocycles. The normalized spacial score (nSPS) is 29.3. The summed E-state index contributed by atoms with van der Waals surface area (Å²) in [6.45, 7) is 0.763. The van der Waals surface area contributed by atoms with Gasteiger partial charge in [-0.2, -0.15) is 15.4 Å². The molecule has 5 heteroatoms. The first-order valence-corrected chi connectivity index (χ1v) is 6.97. The maximum atomic E-state index is 10.4. The lowest BCUT2D eigenvalue weighted by atomic mass is 9.74. The number of aromatic nitrogens is 3. The smallest absolute Gasteiger partial charge is 0.111 e. The van der Waals surface area contributed by atoms with Gasteiger partial charge in [-0.25, -0.2) is 0 Å². The zero-order valence-electron chi connectivity index (χ0n) is 10.6.